The van der Waals surface area contributed by atoms with E-state index in [1.54, 1.807) is 0 Å². The highest BCUT2D eigenvalue weighted by Gasteiger charge is 2.56. The lowest BCUT2D eigenvalue weighted by atomic mass is 9.47. The molecule has 1 aromatic rings. The van der Waals surface area contributed by atoms with Crippen molar-refractivity contribution in [3.63, 3.8) is 0 Å². The molecule has 0 radical (unpaired) electrons. The summed E-state index contributed by atoms with van der Waals surface area (Å²) in [7, 11) is 2.28. The van der Waals surface area contributed by atoms with Crippen LogP contribution in [-0.2, 0) is 0 Å². The Hall–Kier alpha value is -1.36. The molecule has 5 nitrogen and oxygen atoms in total. The molecular weight excluding hydrogens is 298 g/mol. The van der Waals surface area contributed by atoms with Gasteiger partial charge in [0.1, 0.15) is 0 Å². The molecule has 2 heterocycles. The van der Waals surface area contributed by atoms with Crippen LogP contribution in [0.25, 0.3) is 0 Å². The van der Waals surface area contributed by atoms with Crippen LogP contribution in [0.2, 0.25) is 0 Å². The smallest absolute Gasteiger partial charge is 0.220 e. The Kier molecular flexibility index (Phi) is 3.31. The Morgan fingerprint density at radius 2 is 1.58 bits per heavy atom. The number of aromatic nitrogens is 2. The monoisotopic (exact) mass is 327 g/mol. The fourth-order valence-electron chi connectivity index (χ4n) is 6.82. The number of likely N-dealkylation sites (N-methyl/N-ethyl adjacent to an activating group) is 1. The normalized spacial score (nSPS) is 41.8. The van der Waals surface area contributed by atoms with Crippen molar-refractivity contribution in [3.8, 4) is 0 Å². The molecule has 4 aliphatic carbocycles. The lowest BCUT2D eigenvalue weighted by Gasteiger charge is -2.62. The van der Waals surface area contributed by atoms with Gasteiger partial charge in [-0.25, -0.2) is 9.97 Å². The molecule has 1 saturated heterocycles. The first-order chi connectivity index (χ1) is 11.6. The number of nitrogens with two attached hydrogens (primary N) is 1. The van der Waals surface area contributed by atoms with Gasteiger partial charge < -0.3 is 15.5 Å². The summed E-state index contributed by atoms with van der Waals surface area (Å²) in [5.74, 6) is 3.35. The van der Waals surface area contributed by atoms with Gasteiger partial charge in [0.25, 0.3) is 0 Å². The van der Waals surface area contributed by atoms with Gasteiger partial charge in [-0.2, -0.15) is 0 Å². The Bertz CT molecular complexity index is 577. The molecule has 2 N–H and O–H groups in total. The Balaban J connectivity index is 1.50. The third-order valence-corrected chi connectivity index (χ3v) is 7.37. The van der Waals surface area contributed by atoms with Gasteiger partial charge in [0.15, 0.2) is 0 Å². The zero-order valence-corrected chi connectivity index (χ0v) is 14.7. The summed E-state index contributed by atoms with van der Waals surface area (Å²) in [6.45, 7) is 3.37. The van der Waals surface area contributed by atoms with Gasteiger partial charge in [-0.3, -0.25) is 0 Å². The summed E-state index contributed by atoms with van der Waals surface area (Å²) >= 11 is 0. The molecule has 0 spiro atoms. The number of nitrogens with zero attached hydrogens (tertiary/aromatic N) is 4. The van der Waals surface area contributed by atoms with Crippen molar-refractivity contribution in [2.24, 2.45) is 23.2 Å². The van der Waals surface area contributed by atoms with Gasteiger partial charge in [0, 0.05) is 25.7 Å². The van der Waals surface area contributed by atoms with E-state index in [9.17, 15) is 0 Å². The molecule has 5 heteroatoms. The van der Waals surface area contributed by atoms with Crippen LogP contribution in [-0.4, -0.2) is 47.6 Å². The maximum absolute atomic E-state index is 5.71. The van der Waals surface area contributed by atoms with E-state index < -0.39 is 0 Å². The highest BCUT2D eigenvalue weighted by Crippen LogP contribution is 2.62. The summed E-state index contributed by atoms with van der Waals surface area (Å²) in [4.78, 5) is 13.7. The second-order valence-electron chi connectivity index (χ2n) is 9.05. The van der Waals surface area contributed by atoms with Crippen molar-refractivity contribution >= 4 is 11.6 Å². The fourth-order valence-corrected chi connectivity index (χ4v) is 6.82. The van der Waals surface area contributed by atoms with E-state index in [0.29, 0.717) is 17.4 Å². The minimum Gasteiger partial charge on any atom is -0.368 e. The number of hydrogen-bond donors (Lipinski definition) is 1. The van der Waals surface area contributed by atoms with Crippen LogP contribution < -0.4 is 10.6 Å². The van der Waals surface area contributed by atoms with Gasteiger partial charge in [0.2, 0.25) is 5.95 Å². The SMILES string of the molecule is CN1CCN(c2cnc(N)nc2)C(C23CC4CC(CC(C4)C2)C3)C1. The second-order valence-corrected chi connectivity index (χ2v) is 9.05. The highest BCUT2D eigenvalue weighted by atomic mass is 15.3. The summed E-state index contributed by atoms with van der Waals surface area (Å²) in [5, 5.41) is 0. The molecule has 24 heavy (non-hydrogen) atoms. The second kappa shape index (κ2) is 5.32. The van der Waals surface area contributed by atoms with E-state index in [1.807, 2.05) is 12.4 Å². The summed E-state index contributed by atoms with van der Waals surface area (Å²) in [5.41, 5.74) is 7.39. The Morgan fingerprint density at radius 3 is 2.17 bits per heavy atom. The average Bonchev–Trinajstić information content (AvgIpc) is 2.54. The lowest BCUT2D eigenvalue weighted by Crippen LogP contribution is -2.63. The summed E-state index contributed by atoms with van der Waals surface area (Å²) in [6.07, 6.45) is 12.7. The first-order valence-corrected chi connectivity index (χ1v) is 9.64. The standard InChI is InChI=1S/C19H29N5/c1-23-2-3-24(16-10-21-18(20)22-11-16)17(12-23)19-7-13-4-14(8-19)6-15(5-13)9-19/h10-11,13-15,17H,2-9,12H2,1H3,(H2,20,21,22). The van der Waals surface area contributed by atoms with Crippen LogP contribution in [0, 0.1) is 23.2 Å². The largest absolute Gasteiger partial charge is 0.368 e. The van der Waals surface area contributed by atoms with Gasteiger partial charge >= 0.3 is 0 Å². The number of rotatable bonds is 2. The van der Waals surface area contributed by atoms with Crippen molar-refractivity contribution in [1.82, 2.24) is 14.9 Å². The van der Waals surface area contributed by atoms with E-state index in [-0.39, 0.29) is 0 Å². The third-order valence-electron chi connectivity index (χ3n) is 7.37. The molecule has 1 unspecified atom stereocenters. The van der Waals surface area contributed by atoms with Crippen molar-refractivity contribution < 1.29 is 0 Å². The van der Waals surface area contributed by atoms with Crippen LogP contribution in [0.15, 0.2) is 12.4 Å². The molecule has 5 fully saturated rings. The zero-order chi connectivity index (χ0) is 16.3. The predicted molar refractivity (Wildman–Crippen MR) is 95.7 cm³/mol. The Morgan fingerprint density at radius 1 is 1.00 bits per heavy atom. The average molecular weight is 327 g/mol. The number of hydrogen-bond acceptors (Lipinski definition) is 5. The van der Waals surface area contributed by atoms with E-state index >= 15 is 0 Å². The minimum absolute atomic E-state index is 0.374. The molecule has 130 valence electrons. The molecule has 1 aromatic heterocycles. The predicted octanol–water partition coefficient (Wildman–Crippen LogP) is 2.40. The quantitative estimate of drug-likeness (QED) is 0.904. The van der Waals surface area contributed by atoms with Crippen LogP contribution in [0.4, 0.5) is 11.6 Å². The maximum Gasteiger partial charge on any atom is 0.220 e. The van der Waals surface area contributed by atoms with Gasteiger partial charge in [-0.15, -0.1) is 0 Å². The summed E-state index contributed by atoms with van der Waals surface area (Å²) < 4.78 is 0. The minimum atomic E-state index is 0.374. The third kappa shape index (κ3) is 2.32. The molecule has 4 saturated carbocycles. The lowest BCUT2D eigenvalue weighted by molar-refractivity contribution is -0.0755. The number of nitrogen functional groups attached to an aromatic ring is 1. The van der Waals surface area contributed by atoms with Crippen LogP contribution in [0.5, 0.6) is 0 Å². The molecular formula is C19H29N5. The molecule has 0 aromatic carbocycles. The Labute approximate surface area is 144 Å². The molecule has 5 aliphatic rings. The van der Waals surface area contributed by atoms with E-state index in [2.05, 4.69) is 26.8 Å². The molecule has 4 bridgehead atoms. The summed E-state index contributed by atoms with van der Waals surface area (Å²) in [6, 6.07) is 0.608. The maximum atomic E-state index is 5.71. The number of anilines is 2. The first-order valence-electron chi connectivity index (χ1n) is 9.64. The molecule has 0 amide bonds. The zero-order valence-electron chi connectivity index (χ0n) is 14.7. The van der Waals surface area contributed by atoms with Gasteiger partial charge in [-0.1, -0.05) is 0 Å². The molecule has 6 rings (SSSR count). The van der Waals surface area contributed by atoms with E-state index in [0.717, 1.165) is 36.5 Å². The molecule has 1 aliphatic heterocycles. The fraction of sp³-hybridized carbons (Fsp3) is 0.789. The van der Waals surface area contributed by atoms with Crippen LogP contribution >= 0.6 is 0 Å². The topological polar surface area (TPSA) is 58.3 Å². The van der Waals surface area contributed by atoms with Crippen LogP contribution in [0.1, 0.15) is 38.5 Å². The van der Waals surface area contributed by atoms with E-state index in [1.165, 1.54) is 45.1 Å². The van der Waals surface area contributed by atoms with Crippen molar-refractivity contribution in [3.05, 3.63) is 12.4 Å². The number of piperazine rings is 1. The molecule has 1 atom stereocenters. The van der Waals surface area contributed by atoms with Crippen molar-refractivity contribution in [2.75, 3.05) is 37.3 Å². The first kappa shape index (κ1) is 14.9. The van der Waals surface area contributed by atoms with Crippen LogP contribution in [0.3, 0.4) is 0 Å². The van der Waals surface area contributed by atoms with E-state index in [4.69, 9.17) is 5.73 Å². The van der Waals surface area contributed by atoms with Crippen molar-refractivity contribution in [1.29, 1.82) is 0 Å². The highest BCUT2D eigenvalue weighted by molar-refractivity contribution is 5.46. The van der Waals surface area contributed by atoms with Crippen molar-refractivity contribution in [2.45, 2.75) is 44.6 Å². The van der Waals surface area contributed by atoms with Gasteiger partial charge in [-0.05, 0) is 68.7 Å². The van der Waals surface area contributed by atoms with Gasteiger partial charge in [0.05, 0.1) is 18.1 Å².